The van der Waals surface area contributed by atoms with Crippen molar-refractivity contribution in [3.63, 3.8) is 0 Å². The van der Waals surface area contributed by atoms with E-state index in [1.807, 2.05) is 0 Å². The number of nitrogens with zero attached hydrogens (tertiary/aromatic N) is 1. The van der Waals surface area contributed by atoms with Gasteiger partial charge in [0.2, 0.25) is 0 Å². The summed E-state index contributed by atoms with van der Waals surface area (Å²) >= 11 is 0. The fraction of sp³-hybridized carbons (Fsp3) is 0.154. The maximum Gasteiger partial charge on any atom is 0.180 e. The fourth-order valence-electron chi connectivity index (χ4n) is 1.68. The molecule has 100 valence electrons. The van der Waals surface area contributed by atoms with Gasteiger partial charge in [0.25, 0.3) is 0 Å². The van der Waals surface area contributed by atoms with Crippen LogP contribution in [-0.4, -0.2) is 19.2 Å². The molecule has 0 saturated carbocycles. The molecule has 0 saturated heterocycles. The first-order valence-electron chi connectivity index (χ1n) is 5.63. The summed E-state index contributed by atoms with van der Waals surface area (Å²) in [5.41, 5.74) is 6.56. The van der Waals surface area contributed by atoms with Crippen molar-refractivity contribution >= 4 is 9.84 Å². The van der Waals surface area contributed by atoms with Crippen LogP contribution in [0, 0.1) is 5.82 Å². The van der Waals surface area contributed by atoms with E-state index in [0.29, 0.717) is 5.56 Å². The van der Waals surface area contributed by atoms with E-state index < -0.39 is 21.7 Å². The first-order valence-corrected chi connectivity index (χ1v) is 7.28. The van der Waals surface area contributed by atoms with Crippen LogP contribution in [0.25, 0.3) is 0 Å². The summed E-state index contributed by atoms with van der Waals surface area (Å²) in [7, 11) is -3.54. The zero-order chi connectivity index (χ0) is 13.9. The van der Waals surface area contributed by atoms with E-state index in [-0.39, 0.29) is 10.6 Å². The zero-order valence-electron chi connectivity index (χ0n) is 10.0. The molecule has 0 spiro atoms. The minimum atomic E-state index is -3.54. The van der Waals surface area contributed by atoms with Crippen molar-refractivity contribution in [3.05, 3.63) is 60.2 Å². The maximum atomic E-state index is 12.8. The highest BCUT2D eigenvalue weighted by molar-refractivity contribution is 7.91. The number of halogens is 1. The fourth-order valence-corrected chi connectivity index (χ4v) is 3.09. The van der Waals surface area contributed by atoms with Crippen molar-refractivity contribution in [1.82, 2.24) is 4.98 Å². The molecule has 0 aliphatic heterocycles. The van der Waals surface area contributed by atoms with Crippen LogP contribution in [0.15, 0.2) is 53.7 Å². The summed E-state index contributed by atoms with van der Waals surface area (Å²) in [6.07, 6.45) is 3.11. The van der Waals surface area contributed by atoms with Gasteiger partial charge in [-0.2, -0.15) is 0 Å². The minimum absolute atomic E-state index is 0.0680. The van der Waals surface area contributed by atoms with Crippen molar-refractivity contribution in [3.8, 4) is 0 Å². The van der Waals surface area contributed by atoms with Gasteiger partial charge in [0, 0.05) is 18.4 Å². The Morgan fingerprint density at radius 3 is 2.26 bits per heavy atom. The molecule has 1 aromatic carbocycles. The maximum absolute atomic E-state index is 12.8. The van der Waals surface area contributed by atoms with Gasteiger partial charge in [-0.1, -0.05) is 0 Å². The smallest absolute Gasteiger partial charge is 0.180 e. The topological polar surface area (TPSA) is 73.1 Å². The molecule has 2 rings (SSSR count). The zero-order valence-corrected chi connectivity index (χ0v) is 10.8. The number of aromatic nitrogens is 1. The second kappa shape index (κ2) is 5.46. The Morgan fingerprint density at radius 1 is 1.11 bits per heavy atom. The molecule has 1 atom stereocenters. The van der Waals surface area contributed by atoms with Crippen LogP contribution in [0.1, 0.15) is 11.6 Å². The van der Waals surface area contributed by atoms with E-state index in [4.69, 9.17) is 5.73 Å². The Morgan fingerprint density at radius 2 is 1.68 bits per heavy atom. The Labute approximate surface area is 111 Å². The van der Waals surface area contributed by atoms with E-state index in [1.165, 1.54) is 12.1 Å². The Hall–Kier alpha value is -1.79. The highest BCUT2D eigenvalue weighted by Crippen LogP contribution is 2.18. The first kappa shape index (κ1) is 13.6. The lowest BCUT2D eigenvalue weighted by molar-refractivity contribution is 0.587. The number of hydrogen-bond donors (Lipinski definition) is 1. The molecule has 1 unspecified atom stereocenters. The molecule has 0 aliphatic carbocycles. The van der Waals surface area contributed by atoms with Crippen LogP contribution in [0.2, 0.25) is 0 Å². The van der Waals surface area contributed by atoms with Crippen LogP contribution in [0.4, 0.5) is 4.39 Å². The quantitative estimate of drug-likeness (QED) is 0.865. The van der Waals surface area contributed by atoms with Crippen LogP contribution >= 0.6 is 0 Å². The SMILES string of the molecule is NC(CS(=O)(=O)c1ccc(F)cc1)c1ccncc1. The summed E-state index contributed by atoms with van der Waals surface area (Å²) in [6.45, 7) is 0. The predicted molar refractivity (Wildman–Crippen MR) is 69.6 cm³/mol. The highest BCUT2D eigenvalue weighted by Gasteiger charge is 2.19. The van der Waals surface area contributed by atoms with Gasteiger partial charge in [0.05, 0.1) is 10.6 Å². The minimum Gasteiger partial charge on any atom is -0.323 e. The summed E-state index contributed by atoms with van der Waals surface area (Å²) in [4.78, 5) is 3.91. The molecule has 2 aromatic rings. The molecule has 4 nitrogen and oxygen atoms in total. The van der Waals surface area contributed by atoms with Crippen LogP contribution in [0.5, 0.6) is 0 Å². The van der Waals surface area contributed by atoms with Gasteiger partial charge in [0.1, 0.15) is 5.82 Å². The Kier molecular flexibility index (Phi) is 3.92. The van der Waals surface area contributed by atoms with Crippen molar-refractivity contribution in [2.24, 2.45) is 5.73 Å². The van der Waals surface area contributed by atoms with Gasteiger partial charge in [-0.15, -0.1) is 0 Å². The predicted octanol–water partition coefficient (Wildman–Crippen LogP) is 1.69. The van der Waals surface area contributed by atoms with Gasteiger partial charge in [0.15, 0.2) is 9.84 Å². The number of sulfone groups is 1. The van der Waals surface area contributed by atoms with E-state index in [1.54, 1.807) is 24.5 Å². The standard InChI is InChI=1S/C13H13FN2O2S/c14-11-1-3-12(4-2-11)19(17,18)9-13(15)10-5-7-16-8-6-10/h1-8,13H,9,15H2. The molecule has 0 aliphatic rings. The van der Waals surface area contributed by atoms with Crippen LogP contribution in [0.3, 0.4) is 0 Å². The average Bonchev–Trinajstić information content (AvgIpc) is 2.40. The third kappa shape index (κ3) is 3.36. The second-order valence-electron chi connectivity index (χ2n) is 4.12. The molecule has 19 heavy (non-hydrogen) atoms. The third-order valence-corrected chi connectivity index (χ3v) is 4.49. The van der Waals surface area contributed by atoms with E-state index in [2.05, 4.69) is 4.98 Å². The molecule has 2 N–H and O–H groups in total. The van der Waals surface area contributed by atoms with E-state index in [9.17, 15) is 12.8 Å². The van der Waals surface area contributed by atoms with Gasteiger partial charge >= 0.3 is 0 Å². The summed E-state index contributed by atoms with van der Waals surface area (Å²) in [6, 6.07) is 7.41. The summed E-state index contributed by atoms with van der Waals surface area (Å²) in [5.74, 6) is -0.708. The lowest BCUT2D eigenvalue weighted by Crippen LogP contribution is -2.21. The molecular weight excluding hydrogens is 267 g/mol. The molecular formula is C13H13FN2O2S. The molecule has 0 bridgehead atoms. The normalized spacial score (nSPS) is 13.2. The second-order valence-corrected chi connectivity index (χ2v) is 6.16. The molecule has 1 aromatic heterocycles. The molecule has 0 amide bonds. The number of benzene rings is 1. The largest absolute Gasteiger partial charge is 0.323 e. The van der Waals surface area contributed by atoms with E-state index in [0.717, 1.165) is 12.1 Å². The van der Waals surface area contributed by atoms with Crippen molar-refractivity contribution in [2.75, 3.05) is 5.75 Å². The molecule has 0 fully saturated rings. The van der Waals surface area contributed by atoms with Gasteiger partial charge < -0.3 is 5.73 Å². The third-order valence-electron chi connectivity index (χ3n) is 2.71. The first-order chi connectivity index (χ1) is 8.99. The van der Waals surface area contributed by atoms with Crippen molar-refractivity contribution in [2.45, 2.75) is 10.9 Å². The van der Waals surface area contributed by atoms with Gasteiger partial charge in [-0.3, -0.25) is 4.98 Å². The number of hydrogen-bond acceptors (Lipinski definition) is 4. The molecule has 1 heterocycles. The Balaban J connectivity index is 2.20. The molecule has 0 radical (unpaired) electrons. The highest BCUT2D eigenvalue weighted by atomic mass is 32.2. The van der Waals surface area contributed by atoms with Crippen LogP contribution < -0.4 is 5.73 Å². The molecule has 6 heteroatoms. The lowest BCUT2D eigenvalue weighted by atomic mass is 10.1. The van der Waals surface area contributed by atoms with Gasteiger partial charge in [-0.25, -0.2) is 12.8 Å². The number of nitrogens with two attached hydrogens (primary N) is 1. The monoisotopic (exact) mass is 280 g/mol. The number of pyridine rings is 1. The van der Waals surface area contributed by atoms with Crippen molar-refractivity contribution < 1.29 is 12.8 Å². The summed E-state index contributed by atoms with van der Waals surface area (Å²) in [5, 5.41) is 0. The van der Waals surface area contributed by atoms with Gasteiger partial charge in [-0.05, 0) is 42.0 Å². The van der Waals surface area contributed by atoms with E-state index >= 15 is 0 Å². The van der Waals surface area contributed by atoms with Crippen LogP contribution in [-0.2, 0) is 9.84 Å². The Bertz CT molecular complexity index is 642. The lowest BCUT2D eigenvalue weighted by Gasteiger charge is -2.12. The summed E-state index contributed by atoms with van der Waals surface area (Å²) < 4.78 is 37.0. The average molecular weight is 280 g/mol. The number of rotatable bonds is 4. The van der Waals surface area contributed by atoms with Crippen molar-refractivity contribution in [1.29, 1.82) is 0 Å².